The highest BCUT2D eigenvalue weighted by molar-refractivity contribution is 5.91. The average molecular weight is 252 g/mol. The first-order chi connectivity index (χ1) is 9.24. The van der Waals surface area contributed by atoms with E-state index >= 15 is 0 Å². The van der Waals surface area contributed by atoms with Crippen molar-refractivity contribution in [3.05, 3.63) is 47.8 Å². The molecule has 0 aliphatic carbocycles. The molecule has 4 nitrogen and oxygen atoms in total. The molecule has 2 aliphatic heterocycles. The fourth-order valence-corrected chi connectivity index (χ4v) is 2.99. The number of rotatable bonds is 0. The summed E-state index contributed by atoms with van der Waals surface area (Å²) >= 11 is 0. The van der Waals surface area contributed by atoms with Gasteiger partial charge in [-0.2, -0.15) is 0 Å². The summed E-state index contributed by atoms with van der Waals surface area (Å²) in [7, 11) is 0. The van der Waals surface area contributed by atoms with Gasteiger partial charge in [0.05, 0.1) is 5.69 Å². The first kappa shape index (κ1) is 10.4. The Morgan fingerprint density at radius 3 is 2.95 bits per heavy atom. The molecule has 4 rings (SSSR count). The first-order valence-electron chi connectivity index (χ1n) is 6.23. The molecule has 4 heteroatoms. The highest BCUT2D eigenvalue weighted by atomic mass is 16.4. The number of para-hydroxylation sites is 1. The molecule has 0 amide bonds. The van der Waals surface area contributed by atoms with Gasteiger partial charge in [0, 0.05) is 36.6 Å². The molecule has 3 heterocycles. The molecule has 0 saturated heterocycles. The van der Waals surface area contributed by atoms with Crippen molar-refractivity contribution in [2.45, 2.75) is 6.54 Å². The number of anilines is 1. The molecule has 0 unspecified atom stereocenters. The number of benzene rings is 1. The third-order valence-electron chi connectivity index (χ3n) is 3.79. The van der Waals surface area contributed by atoms with Gasteiger partial charge in [0.15, 0.2) is 0 Å². The first-order valence-corrected chi connectivity index (χ1v) is 6.23. The van der Waals surface area contributed by atoms with E-state index in [1.807, 2.05) is 6.07 Å². The summed E-state index contributed by atoms with van der Waals surface area (Å²) in [5.74, 6) is 0. The van der Waals surface area contributed by atoms with E-state index in [1.54, 1.807) is 12.4 Å². The summed E-state index contributed by atoms with van der Waals surface area (Å²) in [6.07, 6.45) is 6.76. The minimum Gasteiger partial charge on any atom is -0.464 e. The van der Waals surface area contributed by atoms with Crippen LogP contribution < -0.4 is 4.90 Å². The number of carbonyl (C=O) groups is 1. The van der Waals surface area contributed by atoms with Crippen molar-refractivity contribution < 1.29 is 9.90 Å². The Balaban J connectivity index is 1.99. The molecule has 0 atom stereocenters. The van der Waals surface area contributed by atoms with Crippen molar-refractivity contribution in [1.82, 2.24) is 4.57 Å². The minimum atomic E-state index is -0.938. The topological polar surface area (TPSA) is 45.5 Å². The van der Waals surface area contributed by atoms with Crippen LogP contribution in [0.1, 0.15) is 11.1 Å². The second kappa shape index (κ2) is 3.51. The number of fused-ring (bicyclic) bond motifs is 2. The second-order valence-corrected chi connectivity index (χ2v) is 4.91. The van der Waals surface area contributed by atoms with Gasteiger partial charge >= 0.3 is 6.09 Å². The Hall–Kier alpha value is -2.49. The van der Waals surface area contributed by atoms with E-state index in [-0.39, 0.29) is 0 Å². The van der Waals surface area contributed by atoms with Crippen molar-refractivity contribution in [1.29, 1.82) is 0 Å². The maximum absolute atomic E-state index is 11.1. The van der Waals surface area contributed by atoms with Crippen molar-refractivity contribution >= 4 is 17.9 Å². The number of aromatic nitrogens is 1. The Bertz CT molecular complexity index is 728. The Morgan fingerprint density at radius 2 is 2.11 bits per heavy atom. The van der Waals surface area contributed by atoms with Crippen molar-refractivity contribution in [2.75, 3.05) is 11.4 Å². The number of hydrogen-bond acceptors (Lipinski definition) is 2. The zero-order valence-corrected chi connectivity index (χ0v) is 10.2. The maximum Gasteiger partial charge on any atom is 0.415 e. The third kappa shape index (κ3) is 1.37. The molecule has 2 aliphatic rings. The lowest BCUT2D eigenvalue weighted by molar-refractivity contribution is 0.196. The fourth-order valence-electron chi connectivity index (χ4n) is 2.99. The van der Waals surface area contributed by atoms with E-state index in [9.17, 15) is 4.79 Å². The maximum atomic E-state index is 11.1. The summed E-state index contributed by atoms with van der Waals surface area (Å²) in [5.41, 5.74) is 5.66. The number of nitrogens with zero attached hydrogens (tertiary/aromatic N) is 2. The lowest BCUT2D eigenvalue weighted by atomic mass is 9.92. The molecule has 0 bridgehead atoms. The monoisotopic (exact) mass is 252 g/mol. The highest BCUT2D eigenvalue weighted by Crippen LogP contribution is 2.43. The van der Waals surface area contributed by atoms with Gasteiger partial charge in [-0.05, 0) is 11.1 Å². The van der Waals surface area contributed by atoms with Gasteiger partial charge in [-0.3, -0.25) is 4.57 Å². The van der Waals surface area contributed by atoms with Crippen molar-refractivity contribution in [3.63, 3.8) is 0 Å². The van der Waals surface area contributed by atoms with Gasteiger partial charge in [-0.1, -0.05) is 30.4 Å². The van der Waals surface area contributed by atoms with Crippen molar-refractivity contribution in [3.8, 4) is 11.1 Å². The molecule has 0 radical (unpaired) electrons. The van der Waals surface area contributed by atoms with Crippen LogP contribution in [0, 0.1) is 0 Å². The van der Waals surface area contributed by atoms with E-state index in [1.165, 1.54) is 15.8 Å². The van der Waals surface area contributed by atoms with Gasteiger partial charge in [-0.15, -0.1) is 0 Å². The summed E-state index contributed by atoms with van der Waals surface area (Å²) < 4.78 is 1.25. The van der Waals surface area contributed by atoms with Crippen LogP contribution in [0.15, 0.2) is 36.7 Å². The molecule has 19 heavy (non-hydrogen) atoms. The summed E-state index contributed by atoms with van der Waals surface area (Å²) in [6.45, 7) is 1.64. The van der Waals surface area contributed by atoms with Crippen LogP contribution in [-0.4, -0.2) is 22.3 Å². The molecule has 94 valence electrons. The van der Waals surface area contributed by atoms with E-state index in [2.05, 4.69) is 29.2 Å². The fraction of sp³-hybridized carbons (Fsp3) is 0.133. The van der Waals surface area contributed by atoms with Crippen LogP contribution in [0.5, 0.6) is 0 Å². The average Bonchev–Trinajstić information content (AvgIpc) is 2.84. The van der Waals surface area contributed by atoms with E-state index < -0.39 is 6.09 Å². The Labute approximate surface area is 110 Å². The largest absolute Gasteiger partial charge is 0.464 e. The highest BCUT2D eigenvalue weighted by Gasteiger charge is 2.26. The molecule has 2 aromatic rings. The number of carboxylic acid groups (broad SMARTS) is 1. The zero-order valence-electron chi connectivity index (χ0n) is 10.2. The van der Waals surface area contributed by atoms with Crippen LogP contribution in [0.25, 0.3) is 17.2 Å². The Morgan fingerprint density at radius 1 is 1.21 bits per heavy atom. The summed E-state index contributed by atoms with van der Waals surface area (Å²) in [4.78, 5) is 13.4. The van der Waals surface area contributed by atoms with Crippen LogP contribution in [0.3, 0.4) is 0 Å². The smallest absolute Gasteiger partial charge is 0.415 e. The molecule has 0 saturated carbocycles. The zero-order chi connectivity index (χ0) is 13.0. The molecule has 1 N–H and O–H groups in total. The lowest BCUT2D eigenvalue weighted by Crippen LogP contribution is -2.28. The predicted molar refractivity (Wildman–Crippen MR) is 73.4 cm³/mol. The molecular formula is C15H12N2O2. The summed E-state index contributed by atoms with van der Waals surface area (Å²) in [6, 6.07) is 6.19. The van der Waals surface area contributed by atoms with E-state index in [0.717, 1.165) is 29.8 Å². The van der Waals surface area contributed by atoms with Gasteiger partial charge in [0.2, 0.25) is 0 Å². The SMILES string of the molecule is O=C(O)n1cc2c(c1)-c1cccc3c1N(CC=C3)C2. The molecule has 0 fully saturated rings. The van der Waals surface area contributed by atoms with Gasteiger partial charge in [0.25, 0.3) is 0 Å². The van der Waals surface area contributed by atoms with Gasteiger partial charge in [-0.25, -0.2) is 4.79 Å². The van der Waals surface area contributed by atoms with Crippen molar-refractivity contribution in [2.24, 2.45) is 0 Å². The number of hydrogen-bond donors (Lipinski definition) is 1. The minimum absolute atomic E-state index is 0.768. The third-order valence-corrected chi connectivity index (χ3v) is 3.79. The Kier molecular flexibility index (Phi) is 1.93. The molecule has 1 aromatic heterocycles. The van der Waals surface area contributed by atoms with Gasteiger partial charge in [0.1, 0.15) is 0 Å². The second-order valence-electron chi connectivity index (χ2n) is 4.91. The quantitative estimate of drug-likeness (QED) is 0.783. The summed E-state index contributed by atoms with van der Waals surface area (Å²) in [5, 5.41) is 9.11. The van der Waals surface area contributed by atoms with Crippen LogP contribution in [-0.2, 0) is 6.54 Å². The van der Waals surface area contributed by atoms with Gasteiger partial charge < -0.3 is 10.0 Å². The normalized spacial score (nSPS) is 15.1. The molecule has 0 spiro atoms. The van der Waals surface area contributed by atoms with E-state index in [0.29, 0.717) is 0 Å². The standard InChI is InChI=1S/C15H12N2O2/c18-15(19)17-8-11-7-16-6-2-4-10-3-1-5-12(14(10)16)13(11)9-17/h1-5,8-9H,6-7H2,(H,18,19). The van der Waals surface area contributed by atoms with Crippen LogP contribution in [0.2, 0.25) is 0 Å². The molecular weight excluding hydrogens is 240 g/mol. The predicted octanol–water partition coefficient (Wildman–Crippen LogP) is 3.03. The van der Waals surface area contributed by atoms with Crippen LogP contribution in [0.4, 0.5) is 10.5 Å². The lowest BCUT2D eigenvalue weighted by Gasteiger charge is -2.34. The molecule has 1 aromatic carbocycles. The van der Waals surface area contributed by atoms with E-state index in [4.69, 9.17) is 5.11 Å². The van der Waals surface area contributed by atoms with Crippen LogP contribution >= 0.6 is 0 Å².